The summed E-state index contributed by atoms with van der Waals surface area (Å²) in [6.45, 7) is 0.409. The first-order valence-corrected chi connectivity index (χ1v) is 10.7. The molecule has 0 spiro atoms. The summed E-state index contributed by atoms with van der Waals surface area (Å²) in [6, 6.07) is 2.84. The number of aliphatic hydroxyl groups is 2. The average Bonchev–Trinajstić information content (AvgIpc) is 2.62. The molecule has 1 saturated heterocycles. The first kappa shape index (κ1) is 23.9. The maximum absolute atomic E-state index is 13.0. The Bertz CT molecular complexity index is 859. The number of piperidine rings is 1. The molecule has 0 radical (unpaired) electrons. The van der Waals surface area contributed by atoms with Crippen LogP contribution in [0.1, 0.15) is 32.6 Å². The van der Waals surface area contributed by atoms with Gasteiger partial charge in [0.1, 0.15) is 0 Å². The lowest BCUT2D eigenvalue weighted by atomic mass is 10.0. The van der Waals surface area contributed by atoms with Crippen LogP contribution >= 0.6 is 11.6 Å². The third kappa shape index (κ3) is 5.02. The number of nitrogens with one attached hydrogen (secondary N) is 1. The molecule has 2 rings (SSSR count). The Morgan fingerprint density at radius 2 is 2.00 bits per heavy atom. The van der Waals surface area contributed by atoms with Gasteiger partial charge < -0.3 is 15.5 Å². The van der Waals surface area contributed by atoms with Crippen molar-refractivity contribution in [3.63, 3.8) is 0 Å². The van der Waals surface area contributed by atoms with E-state index in [1.807, 2.05) is 5.32 Å². The third-order valence-corrected chi connectivity index (χ3v) is 7.09. The van der Waals surface area contributed by atoms with Crippen LogP contribution in [0, 0.1) is 0 Å². The molecule has 1 aromatic carbocycles. The molecule has 0 unspecified atom stereocenters. The Kier molecular flexibility index (Phi) is 7.21. The fraction of sp³-hybridized carbons (Fsp3) is 0.588. The van der Waals surface area contributed by atoms with Crippen LogP contribution in [0.3, 0.4) is 0 Å². The molecule has 1 fully saturated rings. The van der Waals surface area contributed by atoms with E-state index >= 15 is 0 Å². The van der Waals surface area contributed by atoms with Gasteiger partial charge >= 0.3 is 6.18 Å². The van der Waals surface area contributed by atoms with E-state index in [9.17, 15) is 36.6 Å². The molecule has 0 aliphatic carbocycles. The lowest BCUT2D eigenvalue weighted by molar-refractivity contribution is -0.242. The van der Waals surface area contributed by atoms with E-state index < -0.39 is 27.7 Å². The number of amides is 1. The van der Waals surface area contributed by atoms with Crippen LogP contribution < -0.4 is 5.32 Å². The van der Waals surface area contributed by atoms with Gasteiger partial charge in [-0.25, -0.2) is 8.42 Å². The van der Waals surface area contributed by atoms with Gasteiger partial charge in [-0.05, 0) is 44.4 Å². The summed E-state index contributed by atoms with van der Waals surface area (Å²) >= 11 is 5.98. The van der Waals surface area contributed by atoms with Gasteiger partial charge in [0.2, 0.25) is 15.6 Å². The second-order valence-corrected chi connectivity index (χ2v) is 9.24. The Morgan fingerprint density at radius 3 is 2.55 bits per heavy atom. The predicted molar refractivity (Wildman–Crippen MR) is 100.0 cm³/mol. The molecule has 3 N–H and O–H groups in total. The molecular weight excluding hydrogens is 437 g/mol. The Labute approximate surface area is 171 Å². The Hall–Kier alpha value is -1.40. The van der Waals surface area contributed by atoms with Gasteiger partial charge in [-0.3, -0.25) is 4.79 Å². The first-order valence-electron chi connectivity index (χ1n) is 8.85. The highest BCUT2D eigenvalue weighted by molar-refractivity contribution is 7.89. The van der Waals surface area contributed by atoms with Gasteiger partial charge in [0.15, 0.2) is 0 Å². The van der Waals surface area contributed by atoms with Crippen LogP contribution in [0.5, 0.6) is 0 Å². The van der Waals surface area contributed by atoms with E-state index in [2.05, 4.69) is 0 Å². The highest BCUT2D eigenvalue weighted by atomic mass is 35.5. The fourth-order valence-electron chi connectivity index (χ4n) is 2.99. The number of benzene rings is 1. The van der Waals surface area contributed by atoms with Crippen molar-refractivity contribution in [3.05, 3.63) is 23.2 Å². The summed E-state index contributed by atoms with van der Waals surface area (Å²) in [5.41, 5.74) is -3.92. The molecule has 0 bridgehead atoms. The summed E-state index contributed by atoms with van der Waals surface area (Å²) in [5, 5.41) is 20.1. The highest BCUT2D eigenvalue weighted by Crippen LogP contribution is 2.34. The molecule has 164 valence electrons. The molecule has 29 heavy (non-hydrogen) atoms. The van der Waals surface area contributed by atoms with Crippen molar-refractivity contribution < 1.29 is 36.6 Å². The SMILES string of the molecule is C[C@@](O)(C(=O)Nc1ccc(S(=O)(=O)N2CCCC[C@@H]2CCO)cc1Cl)C(F)(F)F. The molecule has 1 amide bonds. The summed E-state index contributed by atoms with van der Waals surface area (Å²) in [7, 11) is -3.96. The lowest BCUT2D eigenvalue weighted by Gasteiger charge is -2.34. The van der Waals surface area contributed by atoms with E-state index in [0.29, 0.717) is 19.8 Å². The number of hydrogen-bond donors (Lipinski definition) is 3. The molecule has 1 aliphatic heterocycles. The molecule has 2 atom stereocenters. The molecule has 1 aliphatic rings. The third-order valence-electron chi connectivity index (χ3n) is 4.82. The van der Waals surface area contributed by atoms with E-state index in [4.69, 9.17) is 11.6 Å². The summed E-state index contributed by atoms with van der Waals surface area (Å²) in [4.78, 5) is 11.6. The van der Waals surface area contributed by atoms with Crippen molar-refractivity contribution in [2.45, 2.75) is 55.3 Å². The minimum Gasteiger partial charge on any atom is -0.396 e. The van der Waals surface area contributed by atoms with Crippen molar-refractivity contribution >= 4 is 33.2 Å². The number of halogens is 4. The van der Waals surface area contributed by atoms with E-state index in [1.54, 1.807) is 0 Å². The number of sulfonamides is 1. The zero-order valence-electron chi connectivity index (χ0n) is 15.5. The maximum atomic E-state index is 13.0. The van der Waals surface area contributed by atoms with Gasteiger partial charge in [0, 0.05) is 19.2 Å². The van der Waals surface area contributed by atoms with Crippen LogP contribution in [0.15, 0.2) is 23.1 Å². The standard InChI is InChI=1S/C17H22ClF3N2O5S/c1-16(26,17(19,20)21)15(25)22-14-6-5-12(10-13(14)18)29(27,28)23-8-3-2-4-11(23)7-9-24/h5-6,10-11,24,26H,2-4,7-9H2,1H3,(H,22,25)/t11-,16-/m1/s1. The number of aliphatic hydroxyl groups excluding tert-OH is 1. The number of hydrogen-bond acceptors (Lipinski definition) is 5. The number of nitrogens with zero attached hydrogens (tertiary/aromatic N) is 1. The molecule has 1 aromatic rings. The second-order valence-electron chi connectivity index (χ2n) is 6.94. The number of alkyl halides is 3. The quantitative estimate of drug-likeness (QED) is 0.607. The first-order chi connectivity index (χ1) is 13.3. The molecule has 7 nitrogen and oxygen atoms in total. The summed E-state index contributed by atoms with van der Waals surface area (Å²) in [6.07, 6.45) is -2.82. The number of rotatable bonds is 6. The Balaban J connectivity index is 2.27. The molecule has 12 heteroatoms. The molecule has 0 aromatic heterocycles. The zero-order valence-corrected chi connectivity index (χ0v) is 17.1. The Morgan fingerprint density at radius 1 is 1.34 bits per heavy atom. The minimum atomic E-state index is -5.21. The molecule has 0 saturated carbocycles. The number of anilines is 1. The minimum absolute atomic E-state index is 0.165. The zero-order chi connectivity index (χ0) is 22.0. The predicted octanol–water partition coefficient (Wildman–Crippen LogP) is 2.52. The van der Waals surface area contributed by atoms with Crippen molar-refractivity contribution in [1.82, 2.24) is 4.31 Å². The van der Waals surface area contributed by atoms with Gasteiger partial charge in [-0.15, -0.1) is 0 Å². The van der Waals surface area contributed by atoms with Crippen LogP contribution in [0.2, 0.25) is 5.02 Å². The molecular formula is C17H22ClF3N2O5S. The highest BCUT2D eigenvalue weighted by Gasteiger charge is 2.55. The van der Waals surface area contributed by atoms with Crippen LogP contribution in [0.4, 0.5) is 18.9 Å². The van der Waals surface area contributed by atoms with Crippen LogP contribution in [0.25, 0.3) is 0 Å². The normalized spacial score (nSPS) is 20.9. The smallest absolute Gasteiger partial charge is 0.396 e. The average molecular weight is 459 g/mol. The molecule has 1 heterocycles. The topological polar surface area (TPSA) is 107 Å². The van der Waals surface area contributed by atoms with Gasteiger partial charge in [-0.2, -0.15) is 17.5 Å². The van der Waals surface area contributed by atoms with E-state index in [-0.39, 0.29) is 41.2 Å². The number of carbonyl (C=O) groups excluding carboxylic acids is 1. The maximum Gasteiger partial charge on any atom is 0.426 e. The fourth-order valence-corrected chi connectivity index (χ4v) is 5.04. The summed E-state index contributed by atoms with van der Waals surface area (Å²) < 4.78 is 65.5. The van der Waals surface area contributed by atoms with Crippen LogP contribution in [-0.2, 0) is 14.8 Å². The van der Waals surface area contributed by atoms with Crippen molar-refractivity contribution in [3.8, 4) is 0 Å². The van der Waals surface area contributed by atoms with Crippen molar-refractivity contribution in [1.29, 1.82) is 0 Å². The van der Waals surface area contributed by atoms with Gasteiger partial charge in [0.25, 0.3) is 5.91 Å². The lowest BCUT2D eigenvalue weighted by Crippen LogP contribution is -2.52. The summed E-state index contributed by atoms with van der Waals surface area (Å²) in [5.74, 6) is -1.75. The second kappa shape index (κ2) is 8.76. The van der Waals surface area contributed by atoms with E-state index in [1.165, 1.54) is 4.31 Å². The van der Waals surface area contributed by atoms with E-state index in [0.717, 1.165) is 24.6 Å². The van der Waals surface area contributed by atoms with Gasteiger partial charge in [-0.1, -0.05) is 18.0 Å². The van der Waals surface area contributed by atoms with Crippen LogP contribution in [-0.4, -0.2) is 59.8 Å². The van der Waals surface area contributed by atoms with Gasteiger partial charge in [0.05, 0.1) is 15.6 Å². The van der Waals surface area contributed by atoms with Crippen molar-refractivity contribution in [2.75, 3.05) is 18.5 Å². The largest absolute Gasteiger partial charge is 0.426 e. The monoisotopic (exact) mass is 458 g/mol. The number of carbonyl (C=O) groups is 1. The van der Waals surface area contributed by atoms with Crippen molar-refractivity contribution in [2.24, 2.45) is 0 Å².